The number of carbonyl (C=O) groups excluding carboxylic acids is 4. The predicted molar refractivity (Wildman–Crippen MR) is 231 cm³/mol. The van der Waals surface area contributed by atoms with E-state index in [0.29, 0.717) is 35.9 Å². The second-order valence-electron chi connectivity index (χ2n) is 15.1. The Morgan fingerprint density at radius 3 is 1.35 bits per heavy atom. The number of benzene rings is 4. The number of hydrogen-bond acceptors (Lipinski definition) is 8. The lowest BCUT2D eigenvalue weighted by atomic mass is 10.1. The first-order valence-electron chi connectivity index (χ1n) is 20.5. The minimum atomic E-state index is -0.886. The molecule has 314 valence electrons. The zero-order valence-electron chi connectivity index (χ0n) is 34.3. The highest BCUT2D eigenvalue weighted by molar-refractivity contribution is 5.88. The van der Waals surface area contributed by atoms with Crippen LogP contribution in [0.4, 0.5) is 9.59 Å². The van der Waals surface area contributed by atoms with E-state index < -0.39 is 24.3 Å². The van der Waals surface area contributed by atoms with Crippen molar-refractivity contribution < 1.29 is 28.7 Å². The molecule has 4 N–H and O–H groups in total. The van der Waals surface area contributed by atoms with Crippen LogP contribution in [-0.4, -0.2) is 81.0 Å². The van der Waals surface area contributed by atoms with Gasteiger partial charge in [-0.2, -0.15) is 0 Å². The van der Waals surface area contributed by atoms with Gasteiger partial charge in [0, 0.05) is 24.2 Å². The fourth-order valence-electron chi connectivity index (χ4n) is 8.10. The Kier molecular flexibility index (Phi) is 12.4. The van der Waals surface area contributed by atoms with Crippen LogP contribution in [0.25, 0.3) is 22.5 Å². The SMILES string of the molecule is COC(=O)N[C@@H](C(=O)N1CCCC1c1ncc(-c2ccc(C#Cc3ccc(-c4cnc(C5CCCN5C(=O)[C@H](NC(=O)OC)c5ccccc5)[nH]4)cc3)cc2)[nH]1)c1ccccc1. The van der Waals surface area contributed by atoms with Crippen LogP contribution in [0.15, 0.2) is 122 Å². The summed E-state index contributed by atoms with van der Waals surface area (Å²) in [4.78, 5) is 71.9. The fraction of sp³-hybridized carbons (Fsp3) is 0.250. The number of carbonyl (C=O) groups is 4. The number of methoxy groups -OCH3 is 2. The molecular weight excluding hydrogens is 785 g/mol. The molecule has 2 fully saturated rings. The van der Waals surface area contributed by atoms with Crippen molar-refractivity contribution in [3.63, 3.8) is 0 Å². The molecule has 2 unspecified atom stereocenters. The molecule has 14 nitrogen and oxygen atoms in total. The largest absolute Gasteiger partial charge is 0.453 e. The molecule has 6 aromatic rings. The zero-order valence-corrected chi connectivity index (χ0v) is 34.3. The standard InChI is InChI=1S/C48H46N8O6/c1-61-47(59)53-41(35-11-5-3-6-12-35)45(57)55-27-9-15-39(55)43-49-29-37(51-43)33-23-19-31(20-24-33)17-18-32-21-25-34(26-22-32)38-30-50-44(52-38)40-16-10-28-56(40)46(58)42(54-48(60)62-2)36-13-7-4-8-14-36/h3-8,11-14,19-26,29-30,39-42H,9-10,15-16,27-28H2,1-2H3,(H,49,51)(H,50,52)(H,53,59)(H,54,60)/t39?,40?,41-,42-/m1/s1. The fourth-order valence-corrected chi connectivity index (χ4v) is 8.10. The van der Waals surface area contributed by atoms with E-state index in [2.05, 4.69) is 42.4 Å². The van der Waals surface area contributed by atoms with Crippen molar-refractivity contribution in [2.45, 2.75) is 49.9 Å². The van der Waals surface area contributed by atoms with E-state index in [0.717, 1.165) is 59.3 Å². The van der Waals surface area contributed by atoms with Gasteiger partial charge in [-0.3, -0.25) is 9.59 Å². The second kappa shape index (κ2) is 18.7. The molecule has 4 amide bonds. The first kappa shape index (κ1) is 41.1. The lowest BCUT2D eigenvalue weighted by Crippen LogP contribution is -2.42. The maximum absolute atomic E-state index is 13.9. The molecule has 2 saturated heterocycles. The highest BCUT2D eigenvalue weighted by Crippen LogP contribution is 2.36. The maximum Gasteiger partial charge on any atom is 0.407 e. The Bertz CT molecular complexity index is 2400. The molecule has 2 aromatic heterocycles. The van der Waals surface area contributed by atoms with Crippen LogP contribution >= 0.6 is 0 Å². The van der Waals surface area contributed by atoms with Crippen LogP contribution in [0.1, 0.15) is 83.8 Å². The zero-order chi connectivity index (χ0) is 43.0. The van der Waals surface area contributed by atoms with Gasteiger partial charge in [0.25, 0.3) is 11.8 Å². The second-order valence-corrected chi connectivity index (χ2v) is 15.1. The molecule has 2 aliphatic rings. The number of H-pyrrole nitrogens is 2. The molecule has 0 spiro atoms. The summed E-state index contributed by atoms with van der Waals surface area (Å²) in [5.41, 5.74) is 6.55. The maximum atomic E-state index is 13.9. The monoisotopic (exact) mass is 830 g/mol. The van der Waals surface area contributed by atoms with Crippen molar-refractivity contribution in [2.24, 2.45) is 0 Å². The molecule has 62 heavy (non-hydrogen) atoms. The summed E-state index contributed by atoms with van der Waals surface area (Å²) >= 11 is 0. The summed E-state index contributed by atoms with van der Waals surface area (Å²) in [6.07, 6.45) is 5.31. The molecule has 2 aliphatic heterocycles. The number of aromatic nitrogens is 4. The molecule has 4 heterocycles. The molecular formula is C48H46N8O6. The number of nitrogens with one attached hydrogen (secondary N) is 4. The van der Waals surface area contributed by atoms with Crippen LogP contribution in [0.2, 0.25) is 0 Å². The van der Waals surface area contributed by atoms with Crippen LogP contribution in [0.5, 0.6) is 0 Å². The number of ether oxygens (including phenoxy) is 2. The van der Waals surface area contributed by atoms with Crippen molar-refractivity contribution >= 4 is 24.0 Å². The Labute approximate surface area is 359 Å². The summed E-state index contributed by atoms with van der Waals surface area (Å²) in [7, 11) is 2.55. The highest BCUT2D eigenvalue weighted by Gasteiger charge is 2.38. The summed E-state index contributed by atoms with van der Waals surface area (Å²) in [6, 6.07) is 31.8. The lowest BCUT2D eigenvalue weighted by Gasteiger charge is -2.28. The number of likely N-dealkylation sites (tertiary alicyclic amines) is 2. The average Bonchev–Trinajstić information content (AvgIpc) is 4.17. The number of aromatic amines is 2. The van der Waals surface area contributed by atoms with Crippen LogP contribution < -0.4 is 10.6 Å². The van der Waals surface area contributed by atoms with Crippen molar-refractivity contribution in [1.82, 2.24) is 40.4 Å². The summed E-state index contributed by atoms with van der Waals surface area (Å²) in [5.74, 6) is 7.44. The molecule has 4 aromatic carbocycles. The van der Waals surface area contributed by atoms with Gasteiger partial charge in [0.15, 0.2) is 0 Å². The van der Waals surface area contributed by atoms with Crippen LogP contribution in [0, 0.1) is 11.8 Å². The van der Waals surface area contributed by atoms with Gasteiger partial charge < -0.3 is 39.9 Å². The van der Waals surface area contributed by atoms with E-state index in [1.165, 1.54) is 14.2 Å². The van der Waals surface area contributed by atoms with Gasteiger partial charge >= 0.3 is 12.2 Å². The van der Waals surface area contributed by atoms with E-state index in [1.54, 1.807) is 22.2 Å². The van der Waals surface area contributed by atoms with Crippen molar-refractivity contribution in [3.05, 3.63) is 155 Å². The summed E-state index contributed by atoms with van der Waals surface area (Å²) in [5, 5.41) is 5.41. The molecule has 0 saturated carbocycles. The third-order valence-corrected chi connectivity index (χ3v) is 11.3. The van der Waals surface area contributed by atoms with Gasteiger partial charge in [0.2, 0.25) is 0 Å². The molecule has 0 radical (unpaired) electrons. The quantitative estimate of drug-likeness (QED) is 0.103. The molecule has 0 bridgehead atoms. The minimum absolute atomic E-state index is 0.221. The van der Waals surface area contributed by atoms with Crippen molar-refractivity contribution in [2.75, 3.05) is 27.3 Å². The van der Waals surface area contributed by atoms with Crippen molar-refractivity contribution in [3.8, 4) is 34.4 Å². The van der Waals surface area contributed by atoms with Gasteiger partial charge in [0.05, 0.1) is 50.1 Å². The van der Waals surface area contributed by atoms with Crippen LogP contribution in [-0.2, 0) is 19.1 Å². The van der Waals surface area contributed by atoms with Gasteiger partial charge in [0.1, 0.15) is 23.7 Å². The molecule has 0 aliphatic carbocycles. The van der Waals surface area contributed by atoms with Gasteiger partial charge in [-0.15, -0.1) is 0 Å². The number of rotatable bonds is 10. The predicted octanol–water partition coefficient (Wildman–Crippen LogP) is 7.39. The van der Waals surface area contributed by atoms with Gasteiger partial charge in [-0.1, -0.05) is 96.8 Å². The number of amides is 4. The van der Waals surface area contributed by atoms with E-state index in [4.69, 9.17) is 9.47 Å². The number of alkyl carbamates (subject to hydrolysis) is 2. The van der Waals surface area contributed by atoms with Crippen molar-refractivity contribution in [1.29, 1.82) is 0 Å². The van der Waals surface area contributed by atoms with E-state index >= 15 is 0 Å². The Balaban J connectivity index is 0.901. The van der Waals surface area contributed by atoms with E-state index in [-0.39, 0.29) is 23.9 Å². The lowest BCUT2D eigenvalue weighted by molar-refractivity contribution is -0.135. The first-order chi connectivity index (χ1) is 30.3. The summed E-state index contributed by atoms with van der Waals surface area (Å²) < 4.78 is 9.64. The van der Waals surface area contributed by atoms with E-state index in [1.807, 2.05) is 109 Å². The summed E-state index contributed by atoms with van der Waals surface area (Å²) in [6.45, 7) is 1.09. The number of nitrogens with zero attached hydrogens (tertiary/aromatic N) is 4. The molecule has 4 atom stereocenters. The number of hydrogen-bond donors (Lipinski definition) is 4. The Morgan fingerprint density at radius 2 is 0.984 bits per heavy atom. The minimum Gasteiger partial charge on any atom is -0.453 e. The smallest absolute Gasteiger partial charge is 0.407 e. The first-order valence-corrected chi connectivity index (χ1v) is 20.5. The van der Waals surface area contributed by atoms with Gasteiger partial charge in [-0.25, -0.2) is 19.6 Å². The topological polar surface area (TPSA) is 175 Å². The molecule has 8 rings (SSSR count). The Morgan fingerprint density at radius 1 is 0.597 bits per heavy atom. The Hall–Kier alpha value is -7.66. The molecule has 14 heteroatoms. The van der Waals surface area contributed by atoms with Gasteiger partial charge in [-0.05, 0) is 72.2 Å². The third kappa shape index (κ3) is 9.07. The third-order valence-electron chi connectivity index (χ3n) is 11.3. The number of imidazole rings is 2. The average molecular weight is 831 g/mol. The van der Waals surface area contributed by atoms with Crippen LogP contribution in [0.3, 0.4) is 0 Å². The highest BCUT2D eigenvalue weighted by atomic mass is 16.5. The normalized spacial score (nSPS) is 16.7. The van der Waals surface area contributed by atoms with E-state index in [9.17, 15) is 19.2 Å².